The SMILES string of the molecule is COC(=O)c1cc(C#CCCl)ccc1N. The number of rotatable bonds is 1. The van der Waals surface area contributed by atoms with E-state index in [9.17, 15) is 4.79 Å². The van der Waals surface area contributed by atoms with Gasteiger partial charge in [0.15, 0.2) is 0 Å². The van der Waals surface area contributed by atoms with E-state index in [1.54, 1.807) is 18.2 Å². The average Bonchev–Trinajstić information content (AvgIpc) is 2.27. The van der Waals surface area contributed by atoms with Crippen LogP contribution in [0.3, 0.4) is 0 Å². The van der Waals surface area contributed by atoms with Gasteiger partial charge in [0, 0.05) is 11.3 Å². The first-order valence-corrected chi connectivity index (χ1v) is 4.75. The molecule has 0 saturated heterocycles. The summed E-state index contributed by atoms with van der Waals surface area (Å²) in [4.78, 5) is 11.3. The molecule has 0 aromatic heterocycles. The molecule has 1 aromatic rings. The van der Waals surface area contributed by atoms with Crippen LogP contribution in [0.4, 0.5) is 5.69 Å². The van der Waals surface area contributed by atoms with E-state index in [1.165, 1.54) is 7.11 Å². The van der Waals surface area contributed by atoms with Crippen molar-refractivity contribution in [2.75, 3.05) is 18.7 Å². The van der Waals surface area contributed by atoms with Gasteiger partial charge in [-0.3, -0.25) is 0 Å². The Morgan fingerprint density at radius 2 is 2.33 bits per heavy atom. The number of nitrogen functional groups attached to an aromatic ring is 1. The highest BCUT2D eigenvalue weighted by Crippen LogP contribution is 2.14. The van der Waals surface area contributed by atoms with E-state index in [2.05, 4.69) is 16.6 Å². The van der Waals surface area contributed by atoms with Crippen molar-refractivity contribution in [3.05, 3.63) is 29.3 Å². The molecular formula is C11H10ClNO2. The summed E-state index contributed by atoms with van der Waals surface area (Å²) in [6.07, 6.45) is 0. The van der Waals surface area contributed by atoms with Gasteiger partial charge < -0.3 is 10.5 Å². The van der Waals surface area contributed by atoms with Gasteiger partial charge in [0.05, 0.1) is 18.6 Å². The van der Waals surface area contributed by atoms with Gasteiger partial charge in [0.2, 0.25) is 0 Å². The number of nitrogens with two attached hydrogens (primary N) is 1. The molecule has 2 N–H and O–H groups in total. The van der Waals surface area contributed by atoms with Crippen LogP contribution < -0.4 is 5.73 Å². The second-order valence-corrected chi connectivity index (χ2v) is 3.00. The number of carbonyl (C=O) groups excluding carboxylic acids is 1. The average molecular weight is 224 g/mol. The molecule has 1 rings (SSSR count). The van der Waals surface area contributed by atoms with Gasteiger partial charge >= 0.3 is 5.97 Å². The van der Waals surface area contributed by atoms with Gasteiger partial charge in [-0.25, -0.2) is 4.79 Å². The summed E-state index contributed by atoms with van der Waals surface area (Å²) in [6.45, 7) is 0. The number of alkyl halides is 1. The molecule has 0 heterocycles. The number of anilines is 1. The van der Waals surface area contributed by atoms with Crippen LogP contribution in [0, 0.1) is 11.8 Å². The molecular weight excluding hydrogens is 214 g/mol. The Labute approximate surface area is 93.2 Å². The molecule has 15 heavy (non-hydrogen) atoms. The van der Waals surface area contributed by atoms with Gasteiger partial charge in [0.1, 0.15) is 0 Å². The lowest BCUT2D eigenvalue weighted by atomic mass is 10.1. The van der Waals surface area contributed by atoms with Crippen LogP contribution in [-0.4, -0.2) is 19.0 Å². The summed E-state index contributed by atoms with van der Waals surface area (Å²) in [5.74, 6) is 5.26. The summed E-state index contributed by atoms with van der Waals surface area (Å²) >= 11 is 5.42. The van der Waals surface area contributed by atoms with Crippen LogP contribution in [0.5, 0.6) is 0 Å². The zero-order chi connectivity index (χ0) is 11.3. The maximum atomic E-state index is 11.3. The molecule has 0 aliphatic heterocycles. The number of hydrogen-bond donors (Lipinski definition) is 1. The Morgan fingerprint density at radius 3 is 2.93 bits per heavy atom. The normalized spacial score (nSPS) is 8.93. The predicted octanol–water partition coefficient (Wildman–Crippen LogP) is 1.65. The van der Waals surface area contributed by atoms with E-state index < -0.39 is 5.97 Å². The zero-order valence-corrected chi connectivity index (χ0v) is 8.97. The molecule has 0 radical (unpaired) electrons. The number of benzene rings is 1. The minimum atomic E-state index is -0.470. The summed E-state index contributed by atoms with van der Waals surface area (Å²) in [5.41, 5.74) is 7.00. The van der Waals surface area contributed by atoms with Gasteiger partial charge in [-0.05, 0) is 18.2 Å². The molecule has 3 nitrogen and oxygen atoms in total. The fraction of sp³-hybridized carbons (Fsp3) is 0.182. The fourth-order valence-electron chi connectivity index (χ4n) is 1.06. The van der Waals surface area contributed by atoms with Crippen LogP contribution in [0.25, 0.3) is 0 Å². The Hall–Kier alpha value is -1.66. The third kappa shape index (κ3) is 2.90. The first-order chi connectivity index (χ1) is 7.19. The second-order valence-electron chi connectivity index (χ2n) is 2.73. The second kappa shape index (κ2) is 5.28. The molecule has 0 unspecified atom stereocenters. The Bertz CT molecular complexity index is 432. The minimum absolute atomic E-state index is 0.248. The van der Waals surface area contributed by atoms with Gasteiger partial charge in [-0.1, -0.05) is 11.8 Å². The van der Waals surface area contributed by atoms with Crippen LogP contribution in [-0.2, 0) is 4.74 Å². The van der Waals surface area contributed by atoms with Gasteiger partial charge in [0.25, 0.3) is 0 Å². The molecule has 0 fully saturated rings. The van der Waals surface area contributed by atoms with Crippen LogP contribution in [0.15, 0.2) is 18.2 Å². The van der Waals surface area contributed by atoms with E-state index in [0.29, 0.717) is 16.8 Å². The van der Waals surface area contributed by atoms with Gasteiger partial charge in [-0.15, -0.1) is 11.6 Å². The maximum Gasteiger partial charge on any atom is 0.339 e. The largest absolute Gasteiger partial charge is 0.465 e. The van der Waals surface area contributed by atoms with Crippen LogP contribution >= 0.6 is 11.6 Å². The van der Waals surface area contributed by atoms with Crippen molar-refractivity contribution in [3.8, 4) is 11.8 Å². The molecule has 0 aliphatic rings. The van der Waals surface area contributed by atoms with Crippen LogP contribution in [0.1, 0.15) is 15.9 Å². The summed E-state index contributed by atoms with van der Waals surface area (Å²) in [7, 11) is 1.30. The monoisotopic (exact) mass is 223 g/mol. The highest BCUT2D eigenvalue weighted by Gasteiger charge is 2.09. The Morgan fingerprint density at radius 1 is 1.60 bits per heavy atom. The molecule has 0 spiro atoms. The first-order valence-electron chi connectivity index (χ1n) is 4.21. The Kier molecular flexibility index (Phi) is 4.02. The molecule has 0 saturated carbocycles. The molecule has 78 valence electrons. The number of hydrogen-bond acceptors (Lipinski definition) is 3. The van der Waals surface area contributed by atoms with Crippen molar-refractivity contribution in [2.24, 2.45) is 0 Å². The number of carbonyl (C=O) groups is 1. The molecule has 0 aliphatic carbocycles. The quantitative estimate of drug-likeness (QED) is 0.341. The fourth-order valence-corrected chi connectivity index (χ4v) is 1.12. The molecule has 4 heteroatoms. The third-order valence-corrected chi connectivity index (χ3v) is 1.89. The lowest BCUT2D eigenvalue weighted by molar-refractivity contribution is 0.0602. The maximum absolute atomic E-state index is 11.3. The lowest BCUT2D eigenvalue weighted by Crippen LogP contribution is -2.05. The van der Waals surface area contributed by atoms with E-state index in [1.807, 2.05) is 0 Å². The Balaban J connectivity index is 3.10. The molecule has 0 atom stereocenters. The number of ether oxygens (including phenoxy) is 1. The highest BCUT2D eigenvalue weighted by molar-refractivity contribution is 6.19. The van der Waals surface area contributed by atoms with Crippen molar-refractivity contribution in [1.82, 2.24) is 0 Å². The lowest BCUT2D eigenvalue weighted by Gasteiger charge is -2.03. The summed E-state index contributed by atoms with van der Waals surface area (Å²) in [5, 5.41) is 0. The van der Waals surface area contributed by atoms with E-state index in [0.717, 1.165) is 0 Å². The zero-order valence-electron chi connectivity index (χ0n) is 8.21. The van der Waals surface area contributed by atoms with Crippen molar-refractivity contribution >= 4 is 23.3 Å². The summed E-state index contributed by atoms with van der Waals surface area (Å²) < 4.78 is 4.58. The third-order valence-electron chi connectivity index (χ3n) is 1.76. The van der Waals surface area contributed by atoms with Crippen LogP contribution in [0.2, 0.25) is 0 Å². The van der Waals surface area contributed by atoms with Crippen molar-refractivity contribution in [3.63, 3.8) is 0 Å². The number of esters is 1. The summed E-state index contributed by atoms with van der Waals surface area (Å²) in [6, 6.07) is 4.92. The number of methoxy groups -OCH3 is 1. The predicted molar refractivity (Wildman–Crippen MR) is 59.8 cm³/mol. The molecule has 0 amide bonds. The topological polar surface area (TPSA) is 52.3 Å². The van der Waals surface area contributed by atoms with E-state index in [4.69, 9.17) is 17.3 Å². The van der Waals surface area contributed by atoms with E-state index >= 15 is 0 Å². The molecule has 1 aromatic carbocycles. The van der Waals surface area contributed by atoms with Crippen molar-refractivity contribution in [2.45, 2.75) is 0 Å². The smallest absolute Gasteiger partial charge is 0.339 e. The minimum Gasteiger partial charge on any atom is -0.465 e. The standard InChI is InChI=1S/C11H10ClNO2/c1-15-11(14)9-7-8(3-2-6-12)4-5-10(9)13/h4-5,7H,6,13H2,1H3. The number of halogens is 1. The van der Waals surface area contributed by atoms with Gasteiger partial charge in [-0.2, -0.15) is 0 Å². The highest BCUT2D eigenvalue weighted by atomic mass is 35.5. The molecule has 0 bridgehead atoms. The van der Waals surface area contributed by atoms with E-state index in [-0.39, 0.29) is 5.88 Å². The van der Waals surface area contributed by atoms with Crippen molar-refractivity contribution in [1.29, 1.82) is 0 Å². The first kappa shape index (κ1) is 11.4. The van der Waals surface area contributed by atoms with Crippen molar-refractivity contribution < 1.29 is 9.53 Å².